The summed E-state index contributed by atoms with van der Waals surface area (Å²) < 4.78 is 3.83. The van der Waals surface area contributed by atoms with Crippen molar-refractivity contribution in [3.63, 3.8) is 0 Å². The van der Waals surface area contributed by atoms with Crippen LogP contribution in [0.25, 0.3) is 34.1 Å². The molecule has 2 aliphatic rings. The molecule has 6 heterocycles. The second-order valence-electron chi connectivity index (χ2n) is 11.2. The molecule has 5 aromatic heterocycles. The fourth-order valence-electron chi connectivity index (χ4n) is 6.18. The summed E-state index contributed by atoms with van der Waals surface area (Å²) in [7, 11) is 2.05. The first-order valence-electron chi connectivity index (χ1n) is 15.2. The van der Waals surface area contributed by atoms with Gasteiger partial charge in [0, 0.05) is 49.6 Å². The van der Waals surface area contributed by atoms with Crippen molar-refractivity contribution >= 4 is 22.7 Å². The van der Waals surface area contributed by atoms with Crippen LogP contribution < -0.4 is 16.0 Å². The van der Waals surface area contributed by atoms with Crippen LogP contribution in [-0.4, -0.2) is 60.5 Å². The Morgan fingerprint density at radius 2 is 1.73 bits per heavy atom. The molecule has 0 bridgehead atoms. The zero-order valence-corrected chi connectivity index (χ0v) is 24.8. The highest BCUT2D eigenvalue weighted by atomic mass is 15.3. The van der Waals surface area contributed by atoms with Crippen LogP contribution in [0.4, 0.5) is 11.5 Å². The van der Waals surface area contributed by atoms with E-state index in [4.69, 9.17) is 15.7 Å². The van der Waals surface area contributed by atoms with E-state index in [1.807, 2.05) is 62.0 Å². The lowest BCUT2D eigenvalue weighted by Crippen LogP contribution is -2.41. The number of imidazole rings is 1. The van der Waals surface area contributed by atoms with Crippen LogP contribution in [0.1, 0.15) is 30.4 Å². The summed E-state index contributed by atoms with van der Waals surface area (Å²) in [6, 6.07) is 21.0. The number of nitrogens with one attached hydrogen (secondary N) is 1. The Morgan fingerprint density at radius 1 is 0.864 bits per heavy atom. The topological polar surface area (TPSA) is 116 Å². The van der Waals surface area contributed by atoms with Crippen molar-refractivity contribution < 1.29 is 0 Å². The van der Waals surface area contributed by atoms with Gasteiger partial charge < -0.3 is 16.0 Å². The van der Waals surface area contributed by atoms with Crippen LogP contribution in [0.5, 0.6) is 0 Å². The average molecular weight is 585 g/mol. The Hall–Kier alpha value is -5.09. The van der Waals surface area contributed by atoms with E-state index in [-0.39, 0.29) is 0 Å². The molecule has 222 valence electrons. The minimum atomic E-state index is 0.447. The number of anilines is 2. The fraction of sp³-hybridized carbons (Fsp3) is 0.265. The minimum absolute atomic E-state index is 0.447. The van der Waals surface area contributed by atoms with E-state index in [0.29, 0.717) is 11.9 Å². The van der Waals surface area contributed by atoms with Gasteiger partial charge in [0.05, 0.1) is 17.4 Å². The van der Waals surface area contributed by atoms with Crippen LogP contribution in [0.15, 0.2) is 91.6 Å². The number of pyridine rings is 3. The Morgan fingerprint density at radius 3 is 2.50 bits per heavy atom. The van der Waals surface area contributed by atoms with Gasteiger partial charge in [0.2, 0.25) is 0 Å². The molecule has 1 aromatic carbocycles. The summed E-state index contributed by atoms with van der Waals surface area (Å²) in [6.07, 6.45) is 15.0. The number of nitrogens with zero attached hydrogens (tertiary/aromatic N) is 8. The van der Waals surface area contributed by atoms with Crippen molar-refractivity contribution in [3.05, 3.63) is 103 Å². The van der Waals surface area contributed by atoms with Crippen LogP contribution >= 0.6 is 0 Å². The largest absolute Gasteiger partial charge is 0.383 e. The summed E-state index contributed by atoms with van der Waals surface area (Å²) in [6.45, 7) is 2.27. The number of piperidine rings is 1. The first-order valence-corrected chi connectivity index (χ1v) is 15.2. The Labute approximate surface area is 256 Å². The Balaban J connectivity index is 0.000000187. The number of fused-ring (bicyclic) bond motifs is 2. The van der Waals surface area contributed by atoms with Gasteiger partial charge >= 0.3 is 0 Å². The summed E-state index contributed by atoms with van der Waals surface area (Å²) in [5, 5.41) is 7.65. The fourth-order valence-corrected chi connectivity index (χ4v) is 6.18. The monoisotopic (exact) mass is 584 g/mol. The van der Waals surface area contributed by atoms with Gasteiger partial charge in [-0.25, -0.2) is 19.6 Å². The van der Waals surface area contributed by atoms with Gasteiger partial charge in [-0.2, -0.15) is 5.10 Å². The van der Waals surface area contributed by atoms with Crippen molar-refractivity contribution in [2.75, 3.05) is 30.8 Å². The number of hydrogen-bond donors (Lipinski definition) is 2. The second-order valence-corrected chi connectivity index (χ2v) is 11.2. The first-order chi connectivity index (χ1) is 21.7. The average Bonchev–Trinajstić information content (AvgIpc) is 3.85. The number of hydrogen-bond acceptors (Lipinski definition) is 8. The number of aromatic nitrogens is 7. The number of benzene rings is 1. The number of rotatable bonds is 5. The molecular formula is C34H36N10. The van der Waals surface area contributed by atoms with Crippen LogP contribution in [0, 0.1) is 0 Å². The third-order valence-electron chi connectivity index (χ3n) is 8.56. The molecule has 0 unspecified atom stereocenters. The standard InChI is InChI=1S/C23H19N7.C11H17N3/c24-21-18(6-2-11-25-21)22-27-19-9-10-20(29-13-3-12-26-29)28-23(19)30(22)17-8-7-15-4-1-5-16(15)14-17;1-12-10-4-7-14(8-5-10)11-3-2-6-13-9-11/h2-3,6-14H,1,4-5H2,(H2,24,25);2-3,6,9-10,12H,4-5,7-8H2,1H3. The summed E-state index contributed by atoms with van der Waals surface area (Å²) in [5.74, 6) is 1.92. The van der Waals surface area contributed by atoms with E-state index >= 15 is 0 Å². The number of nitrogen functional groups attached to an aromatic ring is 1. The van der Waals surface area contributed by atoms with E-state index in [2.05, 4.69) is 54.1 Å². The molecule has 6 aromatic rings. The molecular weight excluding hydrogens is 548 g/mol. The zero-order chi connectivity index (χ0) is 29.9. The molecule has 3 N–H and O–H groups in total. The molecule has 1 saturated heterocycles. The summed E-state index contributed by atoms with van der Waals surface area (Å²) in [4.78, 5) is 20.6. The predicted molar refractivity (Wildman–Crippen MR) is 174 cm³/mol. The van der Waals surface area contributed by atoms with Crippen molar-refractivity contribution in [2.45, 2.75) is 38.1 Å². The third kappa shape index (κ3) is 5.51. The molecule has 1 fully saturated rings. The molecule has 0 spiro atoms. The van der Waals surface area contributed by atoms with Crippen molar-refractivity contribution in [3.8, 4) is 22.9 Å². The first kappa shape index (κ1) is 27.7. The highest BCUT2D eigenvalue weighted by Gasteiger charge is 2.21. The lowest BCUT2D eigenvalue weighted by atomic mass is 10.1. The molecule has 1 aliphatic carbocycles. The molecule has 0 amide bonds. The quantitative estimate of drug-likeness (QED) is 0.291. The van der Waals surface area contributed by atoms with Gasteiger partial charge in [0.25, 0.3) is 0 Å². The highest BCUT2D eigenvalue weighted by Crippen LogP contribution is 2.33. The lowest BCUT2D eigenvalue weighted by Gasteiger charge is -2.33. The van der Waals surface area contributed by atoms with Crippen LogP contribution in [0.2, 0.25) is 0 Å². The smallest absolute Gasteiger partial charge is 0.167 e. The molecule has 1 aliphatic heterocycles. The molecule has 8 rings (SSSR count). The maximum atomic E-state index is 6.22. The number of nitrogens with two attached hydrogens (primary N) is 1. The van der Waals surface area contributed by atoms with E-state index in [9.17, 15) is 0 Å². The zero-order valence-electron chi connectivity index (χ0n) is 24.8. The lowest BCUT2D eigenvalue weighted by molar-refractivity contribution is 0.442. The Bertz CT molecular complexity index is 1850. The van der Waals surface area contributed by atoms with Crippen molar-refractivity contribution in [2.24, 2.45) is 0 Å². The van der Waals surface area contributed by atoms with Gasteiger partial charge in [-0.1, -0.05) is 6.07 Å². The molecule has 0 saturated carbocycles. The van der Waals surface area contributed by atoms with Gasteiger partial charge in [-0.15, -0.1) is 0 Å². The molecule has 10 heteroatoms. The van der Waals surface area contributed by atoms with Crippen LogP contribution in [-0.2, 0) is 12.8 Å². The predicted octanol–water partition coefficient (Wildman–Crippen LogP) is 5.01. The van der Waals surface area contributed by atoms with Crippen LogP contribution in [0.3, 0.4) is 0 Å². The summed E-state index contributed by atoms with van der Waals surface area (Å²) in [5.41, 5.74) is 13.7. The van der Waals surface area contributed by atoms with E-state index < -0.39 is 0 Å². The molecule has 10 nitrogen and oxygen atoms in total. The van der Waals surface area contributed by atoms with Gasteiger partial charge in [0.15, 0.2) is 17.3 Å². The second kappa shape index (κ2) is 12.3. The highest BCUT2D eigenvalue weighted by molar-refractivity contribution is 5.83. The van der Waals surface area contributed by atoms with E-state index in [1.165, 1.54) is 36.1 Å². The normalized spacial score (nSPS) is 14.8. The molecule has 0 atom stereocenters. The van der Waals surface area contributed by atoms with Gasteiger partial charge in [-0.3, -0.25) is 9.55 Å². The SMILES string of the molecule is CNC1CCN(c2cccnc2)CC1.Nc1ncccc1-c1nc2ccc(-n3cccn3)nc2n1-c1ccc2c(c1)CCC2. The molecule has 0 radical (unpaired) electrons. The van der Waals surface area contributed by atoms with Crippen molar-refractivity contribution in [1.29, 1.82) is 0 Å². The Kier molecular flexibility index (Phi) is 7.72. The molecule has 44 heavy (non-hydrogen) atoms. The maximum absolute atomic E-state index is 6.22. The van der Waals surface area contributed by atoms with E-state index in [0.717, 1.165) is 60.0 Å². The van der Waals surface area contributed by atoms with Crippen molar-refractivity contribution in [1.82, 2.24) is 39.6 Å². The summed E-state index contributed by atoms with van der Waals surface area (Å²) >= 11 is 0. The maximum Gasteiger partial charge on any atom is 0.167 e. The van der Waals surface area contributed by atoms with E-state index in [1.54, 1.807) is 17.1 Å². The minimum Gasteiger partial charge on any atom is -0.383 e. The van der Waals surface area contributed by atoms with Gasteiger partial charge in [0.1, 0.15) is 11.3 Å². The van der Waals surface area contributed by atoms with Gasteiger partial charge in [-0.05, 0) is 105 Å². The number of aryl methyl sites for hydroxylation is 2. The third-order valence-corrected chi connectivity index (χ3v) is 8.56.